The molecular formula is C23H20ClN5OS. The summed E-state index contributed by atoms with van der Waals surface area (Å²) in [6.45, 7) is 3.97. The summed E-state index contributed by atoms with van der Waals surface area (Å²) < 4.78 is 1.58. The monoisotopic (exact) mass is 449 g/mol. The van der Waals surface area contributed by atoms with Gasteiger partial charge in [0.15, 0.2) is 0 Å². The number of halogens is 1. The van der Waals surface area contributed by atoms with Gasteiger partial charge in [-0.05, 0) is 65.2 Å². The number of carbonyl (C=O) groups is 1. The molecule has 6 nitrogen and oxygen atoms in total. The molecule has 8 heteroatoms. The Hall–Kier alpha value is -3.16. The molecule has 1 heterocycles. The van der Waals surface area contributed by atoms with Crippen LogP contribution < -0.4 is 5.32 Å². The SMILES string of the molecule is Cc1ccc(C)c(NC(=O)C(Sc2nnnn2-c2cccc(Cl)c2)c2ccccc2)c1. The predicted octanol–water partition coefficient (Wildman–Crippen LogP) is 5.40. The van der Waals surface area contributed by atoms with E-state index in [-0.39, 0.29) is 5.91 Å². The summed E-state index contributed by atoms with van der Waals surface area (Å²) in [5, 5.41) is 15.6. The third kappa shape index (κ3) is 4.95. The highest BCUT2D eigenvalue weighted by Crippen LogP contribution is 2.36. The van der Waals surface area contributed by atoms with E-state index in [1.807, 2.05) is 74.5 Å². The van der Waals surface area contributed by atoms with Crippen molar-refractivity contribution in [1.29, 1.82) is 0 Å². The molecule has 1 amide bonds. The lowest BCUT2D eigenvalue weighted by atomic mass is 10.1. The van der Waals surface area contributed by atoms with Gasteiger partial charge >= 0.3 is 0 Å². The van der Waals surface area contributed by atoms with E-state index in [1.54, 1.807) is 16.8 Å². The Labute approximate surface area is 189 Å². The van der Waals surface area contributed by atoms with Gasteiger partial charge in [-0.1, -0.05) is 71.9 Å². The zero-order chi connectivity index (χ0) is 21.8. The number of amides is 1. The van der Waals surface area contributed by atoms with Gasteiger partial charge in [-0.25, -0.2) is 0 Å². The number of aromatic nitrogens is 4. The summed E-state index contributed by atoms with van der Waals surface area (Å²) in [7, 11) is 0. The molecule has 0 aliphatic heterocycles. The molecule has 0 radical (unpaired) electrons. The zero-order valence-corrected chi connectivity index (χ0v) is 18.6. The van der Waals surface area contributed by atoms with E-state index in [2.05, 4.69) is 20.8 Å². The molecule has 1 unspecified atom stereocenters. The van der Waals surface area contributed by atoms with Crippen LogP contribution in [0.1, 0.15) is 21.9 Å². The van der Waals surface area contributed by atoms with Gasteiger partial charge in [-0.3, -0.25) is 4.79 Å². The van der Waals surface area contributed by atoms with E-state index < -0.39 is 5.25 Å². The van der Waals surface area contributed by atoms with Crippen LogP contribution in [-0.2, 0) is 4.79 Å². The number of aryl methyl sites for hydroxylation is 2. The van der Waals surface area contributed by atoms with Gasteiger partial charge in [-0.2, -0.15) is 4.68 Å². The molecule has 1 atom stereocenters. The molecule has 0 bridgehead atoms. The third-order valence-corrected chi connectivity index (χ3v) is 6.13. The molecule has 0 aliphatic carbocycles. The van der Waals surface area contributed by atoms with Crippen LogP contribution in [0.25, 0.3) is 5.69 Å². The highest BCUT2D eigenvalue weighted by atomic mass is 35.5. The maximum atomic E-state index is 13.4. The van der Waals surface area contributed by atoms with Gasteiger partial charge in [-0.15, -0.1) is 5.10 Å². The number of rotatable bonds is 6. The van der Waals surface area contributed by atoms with E-state index in [9.17, 15) is 4.79 Å². The minimum atomic E-state index is -0.551. The molecule has 0 saturated heterocycles. The molecule has 3 aromatic carbocycles. The fourth-order valence-corrected chi connectivity index (χ4v) is 4.28. The number of tetrazole rings is 1. The summed E-state index contributed by atoms with van der Waals surface area (Å²) in [5.41, 5.74) is 4.45. The van der Waals surface area contributed by atoms with Crippen LogP contribution >= 0.6 is 23.4 Å². The summed E-state index contributed by atoms with van der Waals surface area (Å²) in [6, 6.07) is 22.8. The maximum absolute atomic E-state index is 13.4. The Morgan fingerprint density at radius 3 is 2.61 bits per heavy atom. The van der Waals surface area contributed by atoms with Crippen LogP contribution in [0, 0.1) is 13.8 Å². The Balaban J connectivity index is 1.67. The Morgan fingerprint density at radius 1 is 1.03 bits per heavy atom. The zero-order valence-electron chi connectivity index (χ0n) is 17.0. The Bertz CT molecular complexity index is 1210. The summed E-state index contributed by atoms with van der Waals surface area (Å²) in [6.07, 6.45) is 0. The molecule has 1 aromatic heterocycles. The van der Waals surface area contributed by atoms with E-state index in [1.165, 1.54) is 11.8 Å². The quantitative estimate of drug-likeness (QED) is 0.399. The van der Waals surface area contributed by atoms with Gasteiger partial charge in [0.2, 0.25) is 11.1 Å². The molecule has 31 heavy (non-hydrogen) atoms. The third-order valence-electron chi connectivity index (χ3n) is 4.71. The maximum Gasteiger partial charge on any atom is 0.242 e. The van der Waals surface area contributed by atoms with E-state index in [4.69, 9.17) is 11.6 Å². The van der Waals surface area contributed by atoms with E-state index in [0.29, 0.717) is 10.2 Å². The van der Waals surface area contributed by atoms with Crippen molar-refractivity contribution < 1.29 is 4.79 Å². The minimum absolute atomic E-state index is 0.148. The predicted molar refractivity (Wildman–Crippen MR) is 124 cm³/mol. The van der Waals surface area contributed by atoms with Crippen molar-refractivity contribution in [3.8, 4) is 5.69 Å². The second kappa shape index (κ2) is 9.32. The smallest absolute Gasteiger partial charge is 0.242 e. The topological polar surface area (TPSA) is 72.7 Å². The normalized spacial score (nSPS) is 11.8. The van der Waals surface area contributed by atoms with E-state index in [0.717, 1.165) is 28.1 Å². The molecule has 156 valence electrons. The first-order valence-corrected chi connectivity index (χ1v) is 10.9. The highest BCUT2D eigenvalue weighted by Gasteiger charge is 2.26. The fraction of sp³-hybridized carbons (Fsp3) is 0.130. The molecule has 0 aliphatic rings. The molecular weight excluding hydrogens is 430 g/mol. The summed E-state index contributed by atoms with van der Waals surface area (Å²) in [4.78, 5) is 13.4. The Kier molecular flexibility index (Phi) is 6.34. The van der Waals surface area contributed by atoms with Crippen LogP contribution in [0.15, 0.2) is 78.0 Å². The Morgan fingerprint density at radius 2 is 1.84 bits per heavy atom. The highest BCUT2D eigenvalue weighted by molar-refractivity contribution is 8.00. The lowest BCUT2D eigenvalue weighted by molar-refractivity contribution is -0.115. The number of benzene rings is 3. The number of hydrogen-bond acceptors (Lipinski definition) is 5. The number of anilines is 1. The van der Waals surface area contributed by atoms with Crippen LogP contribution in [0.5, 0.6) is 0 Å². The number of carbonyl (C=O) groups excluding carboxylic acids is 1. The van der Waals surface area contributed by atoms with Crippen LogP contribution in [0.4, 0.5) is 5.69 Å². The second-order valence-electron chi connectivity index (χ2n) is 7.07. The van der Waals surface area contributed by atoms with Crippen molar-refractivity contribution in [1.82, 2.24) is 20.2 Å². The number of thioether (sulfide) groups is 1. The van der Waals surface area contributed by atoms with Crippen molar-refractivity contribution >= 4 is 35.0 Å². The van der Waals surface area contributed by atoms with Crippen molar-refractivity contribution in [2.45, 2.75) is 24.3 Å². The van der Waals surface area contributed by atoms with Gasteiger partial charge < -0.3 is 5.32 Å². The molecule has 0 fully saturated rings. The molecule has 1 N–H and O–H groups in total. The van der Waals surface area contributed by atoms with Crippen molar-refractivity contribution in [2.75, 3.05) is 5.32 Å². The van der Waals surface area contributed by atoms with Crippen LogP contribution in [-0.4, -0.2) is 26.1 Å². The average Bonchev–Trinajstić information content (AvgIpc) is 3.23. The fourth-order valence-electron chi connectivity index (χ4n) is 3.10. The molecule has 4 aromatic rings. The first-order chi connectivity index (χ1) is 15.0. The lowest BCUT2D eigenvalue weighted by Gasteiger charge is -2.18. The molecule has 4 rings (SSSR count). The molecule has 0 saturated carbocycles. The average molecular weight is 450 g/mol. The number of nitrogens with one attached hydrogen (secondary N) is 1. The van der Waals surface area contributed by atoms with Gasteiger partial charge in [0.05, 0.1) is 5.69 Å². The van der Waals surface area contributed by atoms with Crippen molar-refractivity contribution in [2.24, 2.45) is 0 Å². The number of hydrogen-bond donors (Lipinski definition) is 1. The first-order valence-electron chi connectivity index (χ1n) is 9.65. The molecule has 0 spiro atoms. The van der Waals surface area contributed by atoms with E-state index >= 15 is 0 Å². The summed E-state index contributed by atoms with van der Waals surface area (Å²) >= 11 is 7.42. The minimum Gasteiger partial charge on any atom is -0.325 e. The van der Waals surface area contributed by atoms with Gasteiger partial charge in [0, 0.05) is 10.7 Å². The second-order valence-corrected chi connectivity index (χ2v) is 8.58. The van der Waals surface area contributed by atoms with Crippen molar-refractivity contribution in [3.05, 3.63) is 94.5 Å². The van der Waals surface area contributed by atoms with Crippen molar-refractivity contribution in [3.63, 3.8) is 0 Å². The van der Waals surface area contributed by atoms with Crippen LogP contribution in [0.3, 0.4) is 0 Å². The van der Waals surface area contributed by atoms with Gasteiger partial charge in [0.1, 0.15) is 5.25 Å². The number of nitrogens with zero attached hydrogens (tertiary/aromatic N) is 4. The standard InChI is InChI=1S/C23H20ClN5OS/c1-15-11-12-16(2)20(13-15)25-22(30)21(17-7-4-3-5-8-17)31-23-26-27-28-29(23)19-10-6-9-18(24)14-19/h3-14,21H,1-2H3,(H,25,30). The first kappa shape index (κ1) is 21.1. The van der Waals surface area contributed by atoms with Crippen LogP contribution in [0.2, 0.25) is 5.02 Å². The van der Waals surface area contributed by atoms with Gasteiger partial charge in [0.25, 0.3) is 0 Å². The lowest BCUT2D eigenvalue weighted by Crippen LogP contribution is -2.20. The summed E-state index contributed by atoms with van der Waals surface area (Å²) in [5.74, 6) is -0.148. The largest absolute Gasteiger partial charge is 0.325 e.